The number of nitrogens with one attached hydrogen (secondary N) is 2. The van der Waals surface area contributed by atoms with E-state index in [1.165, 1.54) is 11.0 Å². The SMILES string of the molecule is CCOC(=O)N1CCc2c(sc(NC(=O)c3ccc([N+](=O)[O-])o3)c2C(=O)Nc2ccc(OCC)cc2)C1. The highest BCUT2D eigenvalue weighted by Crippen LogP contribution is 2.38. The van der Waals surface area contributed by atoms with Crippen molar-refractivity contribution in [3.05, 3.63) is 68.3 Å². The number of benzene rings is 1. The summed E-state index contributed by atoms with van der Waals surface area (Å²) in [5.41, 5.74) is 1.48. The Balaban J connectivity index is 1.62. The van der Waals surface area contributed by atoms with E-state index in [0.29, 0.717) is 36.6 Å². The van der Waals surface area contributed by atoms with Gasteiger partial charge in [0, 0.05) is 17.1 Å². The number of furan rings is 1. The summed E-state index contributed by atoms with van der Waals surface area (Å²) in [5.74, 6) is -1.39. The molecule has 37 heavy (non-hydrogen) atoms. The van der Waals surface area contributed by atoms with Gasteiger partial charge in [0.2, 0.25) is 0 Å². The molecule has 2 aromatic heterocycles. The fraction of sp³-hybridized carbons (Fsp3) is 0.292. The number of amides is 3. The molecule has 4 rings (SSSR count). The first-order chi connectivity index (χ1) is 17.8. The number of hydrogen-bond donors (Lipinski definition) is 2. The number of anilines is 2. The molecule has 0 unspecified atom stereocenters. The highest BCUT2D eigenvalue weighted by molar-refractivity contribution is 7.17. The topological polar surface area (TPSA) is 153 Å². The van der Waals surface area contributed by atoms with E-state index in [9.17, 15) is 24.5 Å². The third-order valence-electron chi connectivity index (χ3n) is 5.46. The summed E-state index contributed by atoms with van der Waals surface area (Å²) in [6.45, 7) is 4.88. The molecule has 1 aliphatic heterocycles. The standard InChI is InChI=1S/C24H24N4O8S/c1-3-34-15-7-5-14(6-8-15)25-22(30)20-16-11-12-27(24(31)35-4-2)13-18(16)37-23(20)26-21(29)17-9-10-19(36-17)28(32)33/h5-10H,3-4,11-13H2,1-2H3,(H,25,30)(H,26,29). The lowest BCUT2D eigenvalue weighted by molar-refractivity contribution is -0.402. The number of hydrogen-bond acceptors (Lipinski definition) is 9. The Morgan fingerprint density at radius 2 is 1.84 bits per heavy atom. The molecule has 0 radical (unpaired) electrons. The largest absolute Gasteiger partial charge is 0.494 e. The molecular weight excluding hydrogens is 504 g/mol. The predicted molar refractivity (Wildman–Crippen MR) is 134 cm³/mol. The molecule has 1 aromatic carbocycles. The minimum absolute atomic E-state index is 0.213. The first-order valence-corrected chi connectivity index (χ1v) is 12.3. The first kappa shape index (κ1) is 25.7. The van der Waals surface area contributed by atoms with E-state index in [1.54, 1.807) is 31.2 Å². The molecule has 0 aliphatic carbocycles. The Hall–Kier alpha value is -4.39. The third kappa shape index (κ3) is 5.72. The molecule has 13 heteroatoms. The van der Waals surface area contributed by atoms with Gasteiger partial charge in [0.15, 0.2) is 5.76 Å². The molecule has 0 fully saturated rings. The van der Waals surface area contributed by atoms with Crippen molar-refractivity contribution in [3.8, 4) is 5.75 Å². The molecule has 3 amide bonds. The number of carbonyl (C=O) groups is 3. The molecule has 0 atom stereocenters. The van der Waals surface area contributed by atoms with Gasteiger partial charge in [0.25, 0.3) is 11.8 Å². The highest BCUT2D eigenvalue weighted by Gasteiger charge is 2.31. The van der Waals surface area contributed by atoms with Gasteiger partial charge >= 0.3 is 12.0 Å². The lowest BCUT2D eigenvalue weighted by atomic mass is 10.0. The summed E-state index contributed by atoms with van der Waals surface area (Å²) in [5, 5.41) is 16.6. The summed E-state index contributed by atoms with van der Waals surface area (Å²) >= 11 is 1.15. The van der Waals surface area contributed by atoms with Gasteiger partial charge in [0.05, 0.1) is 31.4 Å². The van der Waals surface area contributed by atoms with Crippen LogP contribution in [0.4, 0.5) is 21.4 Å². The van der Waals surface area contributed by atoms with Gasteiger partial charge in [0.1, 0.15) is 15.7 Å². The normalized spacial score (nSPS) is 12.4. The fourth-order valence-corrected chi connectivity index (χ4v) is 5.07. The minimum atomic E-state index is -0.750. The van der Waals surface area contributed by atoms with Gasteiger partial charge in [-0.15, -0.1) is 11.3 Å². The van der Waals surface area contributed by atoms with Crippen molar-refractivity contribution >= 4 is 45.8 Å². The molecule has 0 spiro atoms. The molecule has 12 nitrogen and oxygen atoms in total. The number of nitro groups is 1. The fourth-order valence-electron chi connectivity index (χ4n) is 3.81. The minimum Gasteiger partial charge on any atom is -0.494 e. The average molecular weight is 529 g/mol. The molecule has 3 heterocycles. The molecular formula is C24H24N4O8S. The third-order valence-corrected chi connectivity index (χ3v) is 6.59. The molecule has 194 valence electrons. The van der Waals surface area contributed by atoms with Crippen LogP contribution >= 0.6 is 11.3 Å². The van der Waals surface area contributed by atoms with Crippen LogP contribution in [0.15, 0.2) is 40.8 Å². The van der Waals surface area contributed by atoms with Gasteiger partial charge in [-0.05, 0) is 56.2 Å². The van der Waals surface area contributed by atoms with Crippen molar-refractivity contribution in [1.82, 2.24) is 4.90 Å². The summed E-state index contributed by atoms with van der Waals surface area (Å²) in [6.07, 6.45) is -0.0888. The predicted octanol–water partition coefficient (Wildman–Crippen LogP) is 4.67. The van der Waals surface area contributed by atoms with Gasteiger partial charge in [-0.1, -0.05) is 0 Å². The van der Waals surface area contributed by atoms with Crippen LogP contribution in [-0.4, -0.2) is 47.5 Å². The number of thiophene rings is 1. The Morgan fingerprint density at radius 3 is 2.49 bits per heavy atom. The zero-order chi connectivity index (χ0) is 26.5. The van der Waals surface area contributed by atoms with E-state index in [-0.39, 0.29) is 29.5 Å². The van der Waals surface area contributed by atoms with E-state index in [1.807, 2.05) is 6.92 Å². The maximum absolute atomic E-state index is 13.4. The lowest BCUT2D eigenvalue weighted by Gasteiger charge is -2.26. The van der Waals surface area contributed by atoms with Gasteiger partial charge in [-0.25, -0.2) is 4.79 Å². The number of rotatable bonds is 8. The Labute approximate surface area is 215 Å². The smallest absolute Gasteiger partial charge is 0.433 e. The van der Waals surface area contributed by atoms with Gasteiger partial charge in [-0.3, -0.25) is 19.7 Å². The second kappa shape index (κ2) is 11.1. The Morgan fingerprint density at radius 1 is 1.08 bits per heavy atom. The Kier molecular flexibility index (Phi) is 7.72. The van der Waals surface area contributed by atoms with E-state index < -0.39 is 28.7 Å². The van der Waals surface area contributed by atoms with Crippen molar-refractivity contribution in [3.63, 3.8) is 0 Å². The molecule has 0 bridgehead atoms. The highest BCUT2D eigenvalue weighted by atomic mass is 32.1. The van der Waals surface area contributed by atoms with Crippen LogP contribution in [0.25, 0.3) is 0 Å². The van der Waals surface area contributed by atoms with Crippen molar-refractivity contribution in [2.75, 3.05) is 30.4 Å². The summed E-state index contributed by atoms with van der Waals surface area (Å²) in [4.78, 5) is 50.9. The van der Waals surface area contributed by atoms with Crippen LogP contribution in [0, 0.1) is 10.1 Å². The van der Waals surface area contributed by atoms with E-state index in [2.05, 4.69) is 10.6 Å². The number of carbonyl (C=O) groups excluding carboxylic acids is 3. The van der Waals surface area contributed by atoms with Crippen molar-refractivity contribution in [2.45, 2.75) is 26.8 Å². The van der Waals surface area contributed by atoms with E-state index in [0.717, 1.165) is 22.3 Å². The van der Waals surface area contributed by atoms with Crippen molar-refractivity contribution in [1.29, 1.82) is 0 Å². The van der Waals surface area contributed by atoms with Crippen LogP contribution in [0.1, 0.15) is 45.2 Å². The van der Waals surface area contributed by atoms with Crippen LogP contribution < -0.4 is 15.4 Å². The zero-order valence-corrected chi connectivity index (χ0v) is 20.9. The second-order valence-electron chi connectivity index (χ2n) is 7.84. The molecule has 0 saturated heterocycles. The maximum Gasteiger partial charge on any atom is 0.433 e. The maximum atomic E-state index is 13.4. The van der Waals surface area contributed by atoms with E-state index in [4.69, 9.17) is 13.9 Å². The molecule has 2 N–H and O–H groups in total. The summed E-state index contributed by atoms with van der Waals surface area (Å²) in [7, 11) is 0. The lowest BCUT2D eigenvalue weighted by Crippen LogP contribution is -2.36. The molecule has 1 aliphatic rings. The zero-order valence-electron chi connectivity index (χ0n) is 20.1. The van der Waals surface area contributed by atoms with Crippen molar-refractivity contribution < 1.29 is 33.2 Å². The van der Waals surface area contributed by atoms with Crippen LogP contribution in [-0.2, 0) is 17.7 Å². The van der Waals surface area contributed by atoms with Crippen LogP contribution in [0.5, 0.6) is 5.75 Å². The van der Waals surface area contributed by atoms with Gasteiger partial charge in [-0.2, -0.15) is 0 Å². The van der Waals surface area contributed by atoms with Crippen LogP contribution in [0.2, 0.25) is 0 Å². The average Bonchev–Trinajstić information content (AvgIpc) is 3.50. The Bertz CT molecular complexity index is 1330. The van der Waals surface area contributed by atoms with Gasteiger partial charge < -0.3 is 29.4 Å². The van der Waals surface area contributed by atoms with E-state index >= 15 is 0 Å². The molecule has 0 saturated carbocycles. The molecule has 3 aromatic rings. The van der Waals surface area contributed by atoms with Crippen molar-refractivity contribution in [2.24, 2.45) is 0 Å². The monoisotopic (exact) mass is 528 g/mol. The summed E-state index contributed by atoms with van der Waals surface area (Å²) in [6, 6.07) is 9.11. The first-order valence-electron chi connectivity index (χ1n) is 11.5. The summed E-state index contributed by atoms with van der Waals surface area (Å²) < 4.78 is 15.5. The number of nitrogens with zero attached hydrogens (tertiary/aromatic N) is 2. The second-order valence-corrected chi connectivity index (χ2v) is 8.94. The number of fused-ring (bicyclic) bond motifs is 1. The van der Waals surface area contributed by atoms with Crippen LogP contribution in [0.3, 0.4) is 0 Å². The number of ether oxygens (including phenoxy) is 2. The quantitative estimate of drug-likeness (QED) is 0.316.